The molecule has 4 heteroatoms. The summed E-state index contributed by atoms with van der Waals surface area (Å²) in [4.78, 5) is 25.1. The fourth-order valence-electron chi connectivity index (χ4n) is 11.4. The van der Waals surface area contributed by atoms with E-state index in [0.717, 1.165) is 91.6 Å². The zero-order valence-corrected chi connectivity index (χ0v) is 33.8. The Hall–Kier alpha value is -1.84. The Kier molecular flexibility index (Phi) is 15.1. The summed E-state index contributed by atoms with van der Waals surface area (Å²) in [6.07, 6.45) is 30.6. The van der Waals surface area contributed by atoms with Gasteiger partial charge in [-0.25, -0.2) is 0 Å². The molecule has 0 atom stereocenters. The highest BCUT2D eigenvalue weighted by molar-refractivity contribution is 5.75. The lowest BCUT2D eigenvalue weighted by molar-refractivity contribution is -0.157. The summed E-state index contributed by atoms with van der Waals surface area (Å²) in [6.45, 7) is 9.47. The van der Waals surface area contributed by atoms with Crippen LogP contribution in [-0.4, -0.2) is 18.0 Å². The van der Waals surface area contributed by atoms with Gasteiger partial charge in [-0.2, -0.15) is 0 Å². The maximum atomic E-state index is 12.7. The van der Waals surface area contributed by atoms with Crippen LogP contribution in [0.25, 0.3) is 0 Å². The molecule has 6 aliphatic carbocycles. The van der Waals surface area contributed by atoms with Gasteiger partial charge >= 0.3 is 11.9 Å². The topological polar surface area (TPSA) is 52.6 Å². The Morgan fingerprint density at radius 1 is 0.423 bits per heavy atom. The predicted octanol–water partition coefficient (Wildman–Crippen LogP) is 13.3. The van der Waals surface area contributed by atoms with E-state index in [2.05, 4.69) is 39.8 Å². The van der Waals surface area contributed by atoms with Crippen LogP contribution in [-0.2, 0) is 14.3 Å². The van der Waals surface area contributed by atoms with Crippen molar-refractivity contribution in [1.29, 1.82) is 0 Å². The maximum absolute atomic E-state index is 12.7. The first kappa shape index (κ1) is 39.8. The van der Waals surface area contributed by atoms with Gasteiger partial charge in [0.15, 0.2) is 0 Å². The van der Waals surface area contributed by atoms with Crippen LogP contribution < -0.4 is 4.74 Å². The third-order valence-corrected chi connectivity index (χ3v) is 15.5. The molecule has 6 aliphatic rings. The molecule has 0 saturated heterocycles. The average molecular weight is 717 g/mol. The Morgan fingerprint density at radius 3 is 1.19 bits per heavy atom. The normalized spacial score (nSPS) is 38.6. The molecular weight excluding hydrogens is 641 g/mol. The summed E-state index contributed by atoms with van der Waals surface area (Å²) in [6, 6.07) is 8.40. The van der Waals surface area contributed by atoms with Crippen LogP contribution in [0.2, 0.25) is 0 Å². The number of carbonyl (C=O) groups excluding carboxylic acids is 2. The number of benzene rings is 1. The highest BCUT2D eigenvalue weighted by atomic mass is 16.5. The molecule has 0 spiro atoms. The van der Waals surface area contributed by atoms with E-state index in [1.54, 1.807) is 0 Å². The van der Waals surface area contributed by atoms with Crippen LogP contribution >= 0.6 is 0 Å². The molecule has 52 heavy (non-hydrogen) atoms. The van der Waals surface area contributed by atoms with Crippen LogP contribution in [0.15, 0.2) is 24.3 Å². The standard InChI is InChI=1S/C27H40O2.C21H36O2/c1-19-3-7-21(8-4-19)23-11-13-25(14-12-23)27(28)29-26-17-15-24(16-18-26)22-9-5-20(2)6-10-22;1-15-3-7-17(8-4-15)18-9-11-19(12-10-18)21(22)23-20-13-5-16(2)6-14-20/h15-23,25H,3-14H2,1-2H3;15-20H,3-14H2,1-2H3. The molecule has 6 saturated carbocycles. The number of esters is 2. The van der Waals surface area contributed by atoms with Crippen molar-refractivity contribution < 1.29 is 19.1 Å². The van der Waals surface area contributed by atoms with Crippen molar-refractivity contribution in [2.45, 2.75) is 194 Å². The molecule has 0 N–H and O–H groups in total. The summed E-state index contributed by atoms with van der Waals surface area (Å²) in [5.74, 6) is 9.01. The molecule has 0 amide bonds. The molecule has 6 fully saturated rings. The fraction of sp³-hybridized carbons (Fsp3) is 0.833. The maximum Gasteiger partial charge on any atom is 0.314 e. The first-order chi connectivity index (χ1) is 25.2. The summed E-state index contributed by atoms with van der Waals surface area (Å²) in [5.41, 5.74) is 1.42. The van der Waals surface area contributed by atoms with Gasteiger partial charge in [-0.3, -0.25) is 9.59 Å². The van der Waals surface area contributed by atoms with Gasteiger partial charge in [-0.05, 0) is 187 Å². The van der Waals surface area contributed by atoms with E-state index in [9.17, 15) is 9.59 Å². The third-order valence-electron chi connectivity index (χ3n) is 15.5. The van der Waals surface area contributed by atoms with Gasteiger partial charge < -0.3 is 9.47 Å². The van der Waals surface area contributed by atoms with E-state index in [1.165, 1.54) is 121 Å². The second kappa shape index (κ2) is 19.7. The van der Waals surface area contributed by atoms with Gasteiger partial charge in [-0.15, -0.1) is 0 Å². The van der Waals surface area contributed by atoms with Gasteiger partial charge in [0.2, 0.25) is 0 Å². The molecule has 0 aromatic heterocycles. The Bertz CT molecular complexity index is 1190. The zero-order valence-electron chi connectivity index (χ0n) is 33.8. The van der Waals surface area contributed by atoms with Gasteiger partial charge in [-0.1, -0.05) is 78.4 Å². The lowest BCUT2D eigenvalue weighted by Gasteiger charge is -2.37. The number of ether oxygens (including phenoxy) is 2. The van der Waals surface area contributed by atoms with E-state index in [0.29, 0.717) is 5.92 Å². The van der Waals surface area contributed by atoms with Crippen LogP contribution in [0.5, 0.6) is 5.75 Å². The molecular formula is C48H76O4. The second-order valence-corrected chi connectivity index (χ2v) is 19.5. The highest BCUT2D eigenvalue weighted by Crippen LogP contribution is 2.43. The van der Waals surface area contributed by atoms with Crippen molar-refractivity contribution in [2.75, 3.05) is 0 Å². The molecule has 0 unspecified atom stereocenters. The monoisotopic (exact) mass is 717 g/mol. The number of hydrogen-bond acceptors (Lipinski definition) is 4. The van der Waals surface area contributed by atoms with Crippen molar-refractivity contribution in [3.63, 3.8) is 0 Å². The minimum Gasteiger partial charge on any atom is -0.462 e. The second-order valence-electron chi connectivity index (χ2n) is 19.5. The summed E-state index contributed by atoms with van der Waals surface area (Å²) in [7, 11) is 0. The van der Waals surface area contributed by atoms with Crippen molar-refractivity contribution in [3.8, 4) is 5.75 Å². The Morgan fingerprint density at radius 2 is 0.769 bits per heavy atom. The van der Waals surface area contributed by atoms with Crippen LogP contribution in [0.1, 0.15) is 193 Å². The van der Waals surface area contributed by atoms with Gasteiger partial charge in [0.25, 0.3) is 0 Å². The van der Waals surface area contributed by atoms with Crippen LogP contribution in [0.4, 0.5) is 0 Å². The summed E-state index contributed by atoms with van der Waals surface area (Å²) in [5, 5.41) is 0. The van der Waals surface area contributed by atoms with Gasteiger partial charge in [0.1, 0.15) is 11.9 Å². The molecule has 0 radical (unpaired) electrons. The first-order valence-electron chi connectivity index (χ1n) is 22.7. The van der Waals surface area contributed by atoms with Crippen molar-refractivity contribution in [2.24, 2.45) is 59.2 Å². The van der Waals surface area contributed by atoms with E-state index < -0.39 is 0 Å². The lowest BCUT2D eigenvalue weighted by atomic mass is 9.69. The average Bonchev–Trinajstić information content (AvgIpc) is 3.17. The summed E-state index contributed by atoms with van der Waals surface area (Å²) >= 11 is 0. The van der Waals surface area contributed by atoms with Gasteiger partial charge in [0.05, 0.1) is 11.8 Å². The minimum atomic E-state index is -0.0000393. The van der Waals surface area contributed by atoms with E-state index in [4.69, 9.17) is 9.47 Å². The quantitative estimate of drug-likeness (QED) is 0.208. The molecule has 4 nitrogen and oxygen atoms in total. The van der Waals surface area contributed by atoms with E-state index in [-0.39, 0.29) is 29.9 Å². The number of hydrogen-bond donors (Lipinski definition) is 0. The van der Waals surface area contributed by atoms with Gasteiger partial charge in [0, 0.05) is 0 Å². The number of carbonyl (C=O) groups is 2. The lowest BCUT2D eigenvalue weighted by Crippen LogP contribution is -2.31. The number of rotatable bonds is 7. The Balaban J connectivity index is 0.000000183. The zero-order chi connectivity index (χ0) is 36.5. The molecule has 292 valence electrons. The minimum absolute atomic E-state index is 0.0000393. The summed E-state index contributed by atoms with van der Waals surface area (Å²) < 4.78 is 11.6. The first-order valence-corrected chi connectivity index (χ1v) is 22.7. The molecule has 7 rings (SSSR count). The largest absolute Gasteiger partial charge is 0.462 e. The highest BCUT2D eigenvalue weighted by Gasteiger charge is 2.35. The van der Waals surface area contributed by atoms with Crippen LogP contribution in [0.3, 0.4) is 0 Å². The van der Waals surface area contributed by atoms with E-state index >= 15 is 0 Å². The smallest absolute Gasteiger partial charge is 0.314 e. The van der Waals surface area contributed by atoms with Crippen molar-refractivity contribution >= 4 is 11.9 Å². The van der Waals surface area contributed by atoms with E-state index in [1.807, 2.05) is 12.1 Å². The van der Waals surface area contributed by atoms with Crippen molar-refractivity contribution in [3.05, 3.63) is 29.8 Å². The Labute approximate surface area is 318 Å². The molecule has 0 heterocycles. The van der Waals surface area contributed by atoms with Crippen molar-refractivity contribution in [1.82, 2.24) is 0 Å². The third kappa shape index (κ3) is 11.6. The predicted molar refractivity (Wildman–Crippen MR) is 213 cm³/mol. The molecule has 0 aliphatic heterocycles. The molecule has 1 aromatic carbocycles. The molecule has 0 bridgehead atoms. The molecule has 1 aromatic rings. The fourth-order valence-corrected chi connectivity index (χ4v) is 11.4. The SMILES string of the molecule is CC1CCC(OC(=O)C2CCC(C3CCC(C)CC3)CC2)CC1.CC1CCC(c2ccc(OC(=O)C3CCC(C4CCC(C)CC4)CC3)cc2)CC1. The van der Waals surface area contributed by atoms with Crippen LogP contribution in [0, 0.1) is 59.2 Å².